The minimum atomic E-state index is -3.82. The summed E-state index contributed by atoms with van der Waals surface area (Å²) in [6, 6.07) is 13.5. The van der Waals surface area contributed by atoms with Crippen molar-refractivity contribution in [2.45, 2.75) is 40.3 Å². The molecule has 2 rings (SSSR count). The Morgan fingerprint density at radius 1 is 1.06 bits per heavy atom. The number of benzene rings is 2. The van der Waals surface area contributed by atoms with Crippen molar-refractivity contribution >= 4 is 27.5 Å². The average molecular weight is 476 g/mol. The number of hydrogen-bond acceptors (Lipinski definition) is 5. The Labute approximate surface area is 196 Å². The SMILES string of the molecule is CCNC(=O)C(C)N(Cc1ccccc1C)C(=O)CN(c1ccccc1OCC)S(C)(=O)=O. The molecular formula is C24H33N3O5S. The first-order valence-corrected chi connectivity index (χ1v) is 12.8. The van der Waals surface area contributed by atoms with Crippen molar-refractivity contribution in [3.05, 3.63) is 59.7 Å². The molecule has 0 saturated carbocycles. The lowest BCUT2D eigenvalue weighted by atomic mass is 10.1. The molecule has 0 bridgehead atoms. The minimum absolute atomic E-state index is 0.175. The Morgan fingerprint density at radius 3 is 2.30 bits per heavy atom. The summed E-state index contributed by atoms with van der Waals surface area (Å²) < 4.78 is 32.0. The standard InChI is InChI=1S/C24H33N3O5S/c1-6-25-24(29)19(4)26(16-20-13-9-8-12-18(20)3)23(28)17-27(33(5,30)31)21-14-10-11-15-22(21)32-7-2/h8-15,19H,6-7,16-17H2,1-5H3,(H,25,29). The van der Waals surface area contributed by atoms with Crippen LogP contribution in [0.5, 0.6) is 5.75 Å². The van der Waals surface area contributed by atoms with Gasteiger partial charge in [0.05, 0.1) is 18.6 Å². The van der Waals surface area contributed by atoms with E-state index in [4.69, 9.17) is 4.74 Å². The fourth-order valence-corrected chi connectivity index (χ4v) is 4.26. The number of amides is 2. The van der Waals surface area contributed by atoms with Gasteiger partial charge in [-0.2, -0.15) is 0 Å². The van der Waals surface area contributed by atoms with Gasteiger partial charge in [0, 0.05) is 13.1 Å². The van der Waals surface area contributed by atoms with E-state index in [1.165, 1.54) is 4.90 Å². The van der Waals surface area contributed by atoms with E-state index in [1.54, 1.807) is 45.0 Å². The van der Waals surface area contributed by atoms with Crippen molar-refractivity contribution in [3.8, 4) is 5.75 Å². The van der Waals surface area contributed by atoms with Crippen LogP contribution in [0.2, 0.25) is 0 Å². The molecule has 0 heterocycles. The lowest BCUT2D eigenvalue weighted by Gasteiger charge is -2.32. The summed E-state index contributed by atoms with van der Waals surface area (Å²) in [4.78, 5) is 27.5. The third-order valence-corrected chi connectivity index (χ3v) is 6.36. The molecule has 2 amide bonds. The molecule has 0 saturated heterocycles. The van der Waals surface area contributed by atoms with E-state index in [0.29, 0.717) is 18.9 Å². The molecule has 8 nitrogen and oxygen atoms in total. The van der Waals surface area contributed by atoms with Crippen LogP contribution in [0.3, 0.4) is 0 Å². The predicted octanol–water partition coefficient (Wildman–Crippen LogP) is 2.71. The van der Waals surface area contributed by atoms with Gasteiger partial charge >= 0.3 is 0 Å². The number of nitrogens with zero attached hydrogens (tertiary/aromatic N) is 2. The zero-order valence-corrected chi connectivity index (χ0v) is 20.7. The molecule has 2 aromatic rings. The van der Waals surface area contributed by atoms with Gasteiger partial charge in [-0.3, -0.25) is 13.9 Å². The highest BCUT2D eigenvalue weighted by Crippen LogP contribution is 2.30. The summed E-state index contributed by atoms with van der Waals surface area (Å²) in [7, 11) is -3.82. The van der Waals surface area contributed by atoms with Crippen LogP contribution in [0.15, 0.2) is 48.5 Å². The van der Waals surface area contributed by atoms with Crippen LogP contribution in [0.25, 0.3) is 0 Å². The number of anilines is 1. The maximum atomic E-state index is 13.5. The molecule has 9 heteroatoms. The second-order valence-corrected chi connectivity index (χ2v) is 9.60. The molecule has 180 valence electrons. The molecule has 1 atom stereocenters. The van der Waals surface area contributed by atoms with E-state index in [0.717, 1.165) is 21.7 Å². The van der Waals surface area contributed by atoms with Crippen LogP contribution in [0.4, 0.5) is 5.69 Å². The number of sulfonamides is 1. The maximum Gasteiger partial charge on any atom is 0.244 e. The number of hydrogen-bond donors (Lipinski definition) is 1. The first-order valence-electron chi connectivity index (χ1n) is 10.9. The minimum Gasteiger partial charge on any atom is -0.492 e. The number of ether oxygens (including phenoxy) is 1. The molecule has 0 aromatic heterocycles. The third kappa shape index (κ3) is 6.95. The molecule has 0 fully saturated rings. The first-order chi connectivity index (χ1) is 15.6. The van der Waals surface area contributed by atoms with E-state index >= 15 is 0 Å². The van der Waals surface area contributed by atoms with Crippen LogP contribution in [0, 0.1) is 6.92 Å². The Hall–Kier alpha value is -3.07. The van der Waals surface area contributed by atoms with E-state index in [-0.39, 0.29) is 18.1 Å². The molecule has 0 spiro atoms. The monoisotopic (exact) mass is 475 g/mol. The number of rotatable bonds is 11. The van der Waals surface area contributed by atoms with Crippen LogP contribution >= 0.6 is 0 Å². The number of aryl methyl sites for hydroxylation is 1. The maximum absolute atomic E-state index is 13.5. The zero-order valence-electron chi connectivity index (χ0n) is 19.9. The third-order valence-electron chi connectivity index (χ3n) is 5.23. The normalized spacial score (nSPS) is 12.0. The highest BCUT2D eigenvalue weighted by atomic mass is 32.2. The Bertz CT molecular complexity index is 1070. The van der Waals surface area contributed by atoms with E-state index in [9.17, 15) is 18.0 Å². The van der Waals surface area contributed by atoms with E-state index in [1.807, 2.05) is 31.2 Å². The molecular weight excluding hydrogens is 442 g/mol. The smallest absolute Gasteiger partial charge is 0.244 e. The second-order valence-electron chi connectivity index (χ2n) is 7.69. The van der Waals surface area contributed by atoms with Crippen LogP contribution < -0.4 is 14.4 Å². The summed E-state index contributed by atoms with van der Waals surface area (Å²) in [6.45, 7) is 7.64. The van der Waals surface area contributed by atoms with Gasteiger partial charge in [0.1, 0.15) is 18.3 Å². The Balaban J connectivity index is 2.44. The lowest BCUT2D eigenvalue weighted by Crippen LogP contribution is -2.51. The number of carbonyl (C=O) groups is 2. The summed E-state index contributed by atoms with van der Waals surface area (Å²) in [5.74, 6) is -0.436. The van der Waals surface area contributed by atoms with Crippen molar-refractivity contribution in [1.82, 2.24) is 10.2 Å². The Kier molecular flexibility index (Phi) is 9.28. The number of likely N-dealkylation sites (N-methyl/N-ethyl adjacent to an activating group) is 1. The highest BCUT2D eigenvalue weighted by Gasteiger charge is 2.31. The predicted molar refractivity (Wildman–Crippen MR) is 130 cm³/mol. The van der Waals surface area contributed by atoms with Gasteiger partial charge in [-0.25, -0.2) is 8.42 Å². The van der Waals surface area contributed by atoms with Gasteiger partial charge < -0.3 is 15.0 Å². The quantitative estimate of drug-likeness (QED) is 0.539. The van der Waals surface area contributed by atoms with Crippen molar-refractivity contribution in [1.29, 1.82) is 0 Å². The summed E-state index contributed by atoms with van der Waals surface area (Å²) in [5, 5.41) is 2.74. The van der Waals surface area contributed by atoms with Crippen LogP contribution in [-0.2, 0) is 26.2 Å². The van der Waals surface area contributed by atoms with Crippen molar-refractivity contribution < 1.29 is 22.7 Å². The number of nitrogens with one attached hydrogen (secondary N) is 1. The largest absolute Gasteiger partial charge is 0.492 e. The molecule has 0 aliphatic heterocycles. The fraction of sp³-hybridized carbons (Fsp3) is 0.417. The summed E-state index contributed by atoms with van der Waals surface area (Å²) >= 11 is 0. The number of para-hydroxylation sites is 2. The zero-order chi connectivity index (χ0) is 24.6. The molecule has 0 aliphatic carbocycles. The highest BCUT2D eigenvalue weighted by molar-refractivity contribution is 7.92. The summed E-state index contributed by atoms with van der Waals surface area (Å²) in [6.07, 6.45) is 1.04. The molecule has 1 unspecified atom stereocenters. The Morgan fingerprint density at radius 2 is 1.70 bits per heavy atom. The molecule has 2 aromatic carbocycles. The topological polar surface area (TPSA) is 96.0 Å². The fourth-order valence-electron chi connectivity index (χ4n) is 3.41. The van der Waals surface area contributed by atoms with Crippen molar-refractivity contribution in [2.75, 3.05) is 30.3 Å². The molecule has 0 radical (unpaired) electrons. The molecule has 33 heavy (non-hydrogen) atoms. The average Bonchev–Trinajstić information content (AvgIpc) is 2.76. The van der Waals surface area contributed by atoms with Gasteiger partial charge in [0.25, 0.3) is 0 Å². The molecule has 1 N–H and O–H groups in total. The van der Waals surface area contributed by atoms with Gasteiger partial charge in [-0.15, -0.1) is 0 Å². The van der Waals surface area contributed by atoms with Crippen LogP contribution in [-0.4, -0.2) is 57.1 Å². The number of carbonyl (C=O) groups excluding carboxylic acids is 2. The van der Waals surface area contributed by atoms with Gasteiger partial charge in [-0.1, -0.05) is 36.4 Å². The van der Waals surface area contributed by atoms with E-state index < -0.39 is 28.5 Å². The summed E-state index contributed by atoms with van der Waals surface area (Å²) in [5.41, 5.74) is 2.12. The van der Waals surface area contributed by atoms with Crippen LogP contribution in [0.1, 0.15) is 31.9 Å². The first kappa shape index (κ1) is 26.2. The van der Waals surface area contributed by atoms with Crippen molar-refractivity contribution in [3.63, 3.8) is 0 Å². The lowest BCUT2D eigenvalue weighted by molar-refractivity contribution is -0.139. The second kappa shape index (κ2) is 11.7. The van der Waals surface area contributed by atoms with E-state index in [2.05, 4.69) is 5.32 Å². The van der Waals surface area contributed by atoms with Gasteiger partial charge in [0.15, 0.2) is 0 Å². The molecule has 0 aliphatic rings. The van der Waals surface area contributed by atoms with Crippen molar-refractivity contribution in [2.24, 2.45) is 0 Å². The van der Waals surface area contributed by atoms with Gasteiger partial charge in [-0.05, 0) is 51.0 Å². The van der Waals surface area contributed by atoms with Gasteiger partial charge in [0.2, 0.25) is 21.8 Å².